The second-order valence-electron chi connectivity index (χ2n) is 8.11. The first-order chi connectivity index (χ1) is 14.4. The van der Waals surface area contributed by atoms with Gasteiger partial charge in [-0.3, -0.25) is 9.78 Å². The zero-order valence-electron chi connectivity index (χ0n) is 17.3. The van der Waals surface area contributed by atoms with Crippen molar-refractivity contribution in [2.45, 2.75) is 38.6 Å². The summed E-state index contributed by atoms with van der Waals surface area (Å²) in [6, 6.07) is 5.25. The summed E-state index contributed by atoms with van der Waals surface area (Å²) >= 11 is 0. The molecular formula is C22H25N7O. The maximum atomic E-state index is 12.5. The lowest BCUT2D eigenvalue weighted by Crippen LogP contribution is -2.41. The number of hydrogen-bond acceptors (Lipinski definition) is 6. The minimum Gasteiger partial charge on any atom is -0.383 e. The van der Waals surface area contributed by atoms with Gasteiger partial charge in [0.25, 0.3) is 5.91 Å². The summed E-state index contributed by atoms with van der Waals surface area (Å²) in [6.45, 7) is 6.43. The van der Waals surface area contributed by atoms with Crippen LogP contribution in [0.4, 0.5) is 5.82 Å². The van der Waals surface area contributed by atoms with Crippen LogP contribution in [0.5, 0.6) is 0 Å². The van der Waals surface area contributed by atoms with Crippen LogP contribution >= 0.6 is 0 Å². The van der Waals surface area contributed by atoms with Gasteiger partial charge in [-0.05, 0) is 39.3 Å². The molecule has 0 radical (unpaired) electrons. The predicted octanol–water partition coefficient (Wildman–Crippen LogP) is 2.96. The first-order valence-corrected chi connectivity index (χ1v) is 9.90. The molecule has 0 spiro atoms. The Hall–Kier alpha value is -3.55. The molecule has 3 heterocycles. The highest BCUT2D eigenvalue weighted by atomic mass is 16.1. The number of pyridine rings is 1. The molecule has 0 bridgehead atoms. The van der Waals surface area contributed by atoms with Crippen LogP contribution in [0.15, 0.2) is 54.5 Å². The van der Waals surface area contributed by atoms with E-state index >= 15 is 0 Å². The Labute approximate surface area is 174 Å². The summed E-state index contributed by atoms with van der Waals surface area (Å²) in [4.78, 5) is 25.2. The van der Waals surface area contributed by atoms with E-state index in [1.165, 1.54) is 11.9 Å². The fourth-order valence-corrected chi connectivity index (χ4v) is 3.57. The Balaban J connectivity index is 1.67. The van der Waals surface area contributed by atoms with Gasteiger partial charge in [-0.15, -0.1) is 0 Å². The summed E-state index contributed by atoms with van der Waals surface area (Å²) < 4.78 is 1.84. The second-order valence-corrected chi connectivity index (χ2v) is 8.11. The lowest BCUT2D eigenvalue weighted by Gasteiger charge is -2.26. The first kappa shape index (κ1) is 19.8. The Morgan fingerprint density at radius 3 is 2.83 bits per heavy atom. The maximum absolute atomic E-state index is 12.5. The molecule has 8 heteroatoms. The number of allylic oxidation sites excluding steroid dienone is 4. The quantitative estimate of drug-likeness (QED) is 0.677. The molecule has 4 rings (SSSR count). The lowest BCUT2D eigenvalue weighted by molar-refractivity contribution is 0.0931. The average Bonchev–Trinajstić information content (AvgIpc) is 3.15. The smallest absolute Gasteiger partial charge is 0.269 e. The number of nitrogens with one attached hydrogen (secondary N) is 1. The average molecular weight is 403 g/mol. The van der Waals surface area contributed by atoms with Gasteiger partial charge in [-0.2, -0.15) is 5.10 Å². The monoisotopic (exact) mass is 403 g/mol. The molecule has 3 aromatic rings. The summed E-state index contributed by atoms with van der Waals surface area (Å²) in [7, 11) is 0. The van der Waals surface area contributed by atoms with E-state index in [0.717, 1.165) is 17.5 Å². The van der Waals surface area contributed by atoms with Gasteiger partial charge in [0.05, 0.1) is 16.6 Å². The molecule has 0 aliphatic heterocycles. The van der Waals surface area contributed by atoms with E-state index in [4.69, 9.17) is 10.8 Å². The predicted molar refractivity (Wildman–Crippen MR) is 116 cm³/mol. The summed E-state index contributed by atoms with van der Waals surface area (Å²) in [6.07, 6.45) is 10.3. The van der Waals surface area contributed by atoms with Gasteiger partial charge in [-0.1, -0.05) is 29.9 Å². The van der Waals surface area contributed by atoms with Crippen LogP contribution in [0.1, 0.15) is 49.3 Å². The van der Waals surface area contributed by atoms with Gasteiger partial charge >= 0.3 is 0 Å². The van der Waals surface area contributed by atoms with Crippen molar-refractivity contribution in [3.05, 3.63) is 65.9 Å². The molecule has 1 aliphatic rings. The Morgan fingerprint density at radius 1 is 1.30 bits per heavy atom. The number of nitrogens with two attached hydrogens (primary N) is 1. The van der Waals surface area contributed by atoms with Crippen LogP contribution in [-0.2, 0) is 5.54 Å². The van der Waals surface area contributed by atoms with Crippen LogP contribution in [-0.4, -0.2) is 37.2 Å². The van der Waals surface area contributed by atoms with Gasteiger partial charge in [0.15, 0.2) is 5.65 Å². The van der Waals surface area contributed by atoms with Crippen molar-refractivity contribution in [3.8, 4) is 0 Å². The van der Waals surface area contributed by atoms with E-state index < -0.39 is 5.54 Å². The second kappa shape index (κ2) is 7.70. The molecule has 154 valence electrons. The minimum atomic E-state index is -0.550. The molecule has 1 atom stereocenters. The normalized spacial score (nSPS) is 16.5. The van der Waals surface area contributed by atoms with E-state index in [0.29, 0.717) is 23.7 Å². The fraction of sp³-hybridized carbons (Fsp3) is 0.318. The van der Waals surface area contributed by atoms with E-state index in [1.807, 2.05) is 18.5 Å². The Morgan fingerprint density at radius 2 is 2.13 bits per heavy atom. The van der Waals surface area contributed by atoms with Crippen molar-refractivity contribution in [1.82, 2.24) is 30.0 Å². The molecule has 1 unspecified atom stereocenters. The number of rotatable bonds is 5. The molecular weight excluding hydrogens is 378 g/mol. The number of fused-ring (bicyclic) bond motifs is 1. The van der Waals surface area contributed by atoms with Crippen molar-refractivity contribution >= 4 is 22.8 Å². The number of aromatic nitrogens is 5. The van der Waals surface area contributed by atoms with Crippen molar-refractivity contribution in [1.29, 1.82) is 0 Å². The first-order valence-electron chi connectivity index (χ1n) is 9.90. The zero-order valence-corrected chi connectivity index (χ0v) is 17.3. The van der Waals surface area contributed by atoms with Crippen molar-refractivity contribution < 1.29 is 4.79 Å². The molecule has 30 heavy (non-hydrogen) atoms. The fourth-order valence-electron chi connectivity index (χ4n) is 3.57. The maximum Gasteiger partial charge on any atom is 0.269 e. The van der Waals surface area contributed by atoms with E-state index in [1.54, 1.807) is 24.4 Å². The molecule has 1 amide bonds. The van der Waals surface area contributed by atoms with Crippen LogP contribution in [0, 0.1) is 0 Å². The number of carbonyl (C=O) groups excluding carboxylic acids is 1. The SMILES string of the molecule is CC1=CCC(c2nn(C(C)(C)CNC(=O)c3ccccn3)c3ncnc(N)c23)C=C1. The molecule has 0 saturated heterocycles. The zero-order chi connectivity index (χ0) is 21.3. The van der Waals surface area contributed by atoms with Gasteiger partial charge in [0.1, 0.15) is 17.8 Å². The number of anilines is 1. The van der Waals surface area contributed by atoms with E-state index in [-0.39, 0.29) is 11.8 Å². The molecule has 8 nitrogen and oxygen atoms in total. The summed E-state index contributed by atoms with van der Waals surface area (Å²) in [5, 5.41) is 8.63. The highest BCUT2D eigenvalue weighted by molar-refractivity contribution is 5.92. The van der Waals surface area contributed by atoms with Crippen LogP contribution in [0.3, 0.4) is 0 Å². The highest BCUT2D eigenvalue weighted by Gasteiger charge is 2.30. The molecule has 0 aromatic carbocycles. The Kier molecular flexibility index (Phi) is 5.07. The van der Waals surface area contributed by atoms with Crippen LogP contribution in [0.25, 0.3) is 11.0 Å². The van der Waals surface area contributed by atoms with Gasteiger partial charge in [0, 0.05) is 18.7 Å². The standard InChI is InChI=1S/C22H25N7O/c1-14-7-9-15(10-8-14)18-17-19(23)26-13-27-20(17)29(28-18)22(2,3)12-25-21(30)16-6-4-5-11-24-16/h4-9,11,13,15H,10,12H2,1-3H3,(H,25,30)(H2,23,26,27). The lowest BCUT2D eigenvalue weighted by atomic mass is 9.93. The largest absolute Gasteiger partial charge is 0.383 e. The van der Waals surface area contributed by atoms with Crippen molar-refractivity contribution in [3.63, 3.8) is 0 Å². The topological polar surface area (TPSA) is 112 Å². The third-order valence-electron chi connectivity index (χ3n) is 5.31. The minimum absolute atomic E-state index is 0.102. The van der Waals surface area contributed by atoms with Crippen molar-refractivity contribution in [2.24, 2.45) is 0 Å². The van der Waals surface area contributed by atoms with Crippen LogP contribution in [0.2, 0.25) is 0 Å². The number of nitrogens with zero attached hydrogens (tertiary/aromatic N) is 5. The number of carbonyl (C=O) groups is 1. The highest BCUT2D eigenvalue weighted by Crippen LogP contribution is 2.34. The number of nitrogen functional groups attached to an aromatic ring is 1. The summed E-state index contributed by atoms with van der Waals surface area (Å²) in [5.74, 6) is 0.282. The van der Waals surface area contributed by atoms with Crippen molar-refractivity contribution in [2.75, 3.05) is 12.3 Å². The van der Waals surface area contributed by atoms with Gasteiger partial charge in [-0.25, -0.2) is 14.6 Å². The van der Waals surface area contributed by atoms with Gasteiger partial charge in [0.2, 0.25) is 0 Å². The molecule has 1 aliphatic carbocycles. The third-order valence-corrected chi connectivity index (χ3v) is 5.31. The number of hydrogen-bond donors (Lipinski definition) is 2. The molecule has 0 saturated carbocycles. The molecule has 3 N–H and O–H groups in total. The van der Waals surface area contributed by atoms with E-state index in [9.17, 15) is 4.79 Å². The van der Waals surface area contributed by atoms with Crippen LogP contribution < -0.4 is 11.1 Å². The number of amides is 1. The van der Waals surface area contributed by atoms with E-state index in [2.05, 4.69) is 45.4 Å². The summed E-state index contributed by atoms with van der Waals surface area (Å²) in [5.41, 5.74) is 8.80. The molecule has 0 fully saturated rings. The van der Waals surface area contributed by atoms with Gasteiger partial charge < -0.3 is 11.1 Å². The molecule has 3 aromatic heterocycles. The third kappa shape index (κ3) is 3.68. The Bertz CT molecular complexity index is 1150.